The second-order valence-electron chi connectivity index (χ2n) is 7.48. The molecule has 4 rings (SSSR count). The number of benzene rings is 1. The zero-order chi connectivity index (χ0) is 21.3. The van der Waals surface area contributed by atoms with Crippen LogP contribution >= 0.6 is 0 Å². The Morgan fingerprint density at radius 1 is 1.23 bits per heavy atom. The van der Waals surface area contributed by atoms with Crippen LogP contribution in [0, 0.1) is 0 Å². The van der Waals surface area contributed by atoms with Crippen molar-refractivity contribution in [1.82, 2.24) is 9.47 Å². The Balaban J connectivity index is 1.85. The number of carbonyl (C=O) groups is 2. The third-order valence-electron chi connectivity index (χ3n) is 5.54. The van der Waals surface area contributed by atoms with Crippen molar-refractivity contribution >= 4 is 11.9 Å². The average molecular weight is 412 g/mol. The molecule has 8 heteroatoms. The summed E-state index contributed by atoms with van der Waals surface area (Å²) in [6.45, 7) is 2.64. The number of hydrogen-bond acceptors (Lipinski definition) is 6. The van der Waals surface area contributed by atoms with E-state index in [9.17, 15) is 19.5 Å². The van der Waals surface area contributed by atoms with Gasteiger partial charge >= 0.3 is 5.97 Å². The summed E-state index contributed by atoms with van der Waals surface area (Å²) >= 11 is 0. The van der Waals surface area contributed by atoms with E-state index in [1.54, 1.807) is 11.8 Å². The maximum absolute atomic E-state index is 13.2. The molecule has 1 aromatic carbocycles. The lowest BCUT2D eigenvalue weighted by atomic mass is 10.0. The Kier molecular flexibility index (Phi) is 5.59. The summed E-state index contributed by atoms with van der Waals surface area (Å²) in [7, 11) is 0. The van der Waals surface area contributed by atoms with Crippen molar-refractivity contribution < 1.29 is 24.2 Å². The largest absolute Gasteiger partial charge is 0.483 e. The second-order valence-corrected chi connectivity index (χ2v) is 7.48. The third-order valence-corrected chi connectivity index (χ3v) is 5.54. The molecule has 1 N–H and O–H groups in total. The molecule has 1 aromatic heterocycles. The highest BCUT2D eigenvalue weighted by Gasteiger charge is 2.40. The normalized spacial score (nSPS) is 20.3. The molecule has 0 saturated carbocycles. The average Bonchev–Trinajstić information content (AvgIpc) is 2.92. The van der Waals surface area contributed by atoms with Crippen LogP contribution in [0.5, 0.6) is 5.75 Å². The van der Waals surface area contributed by atoms with Crippen LogP contribution < -0.4 is 10.2 Å². The maximum Gasteiger partial charge on any atom is 0.343 e. The second kappa shape index (κ2) is 8.31. The van der Waals surface area contributed by atoms with Gasteiger partial charge in [0.2, 0.25) is 5.43 Å². The number of fused-ring (bicyclic) bond motifs is 4. The molecule has 1 fully saturated rings. The minimum Gasteiger partial charge on any atom is -0.483 e. The molecule has 2 atom stereocenters. The molecule has 3 heterocycles. The van der Waals surface area contributed by atoms with Gasteiger partial charge < -0.3 is 24.0 Å². The number of esters is 1. The van der Waals surface area contributed by atoms with E-state index in [1.165, 1.54) is 10.8 Å². The molecule has 1 amide bonds. The van der Waals surface area contributed by atoms with E-state index in [2.05, 4.69) is 0 Å². The summed E-state index contributed by atoms with van der Waals surface area (Å²) in [6, 6.07) is 8.77. The number of aliphatic hydroxyl groups excluding tert-OH is 1. The fraction of sp³-hybridized carbons (Fsp3) is 0.409. The summed E-state index contributed by atoms with van der Waals surface area (Å²) in [4.78, 5) is 40.4. The van der Waals surface area contributed by atoms with Gasteiger partial charge in [-0.05, 0) is 25.3 Å². The lowest BCUT2D eigenvalue weighted by molar-refractivity contribution is 0.0497. The third kappa shape index (κ3) is 3.59. The van der Waals surface area contributed by atoms with Crippen molar-refractivity contribution in [3.05, 3.63) is 63.6 Å². The molecular formula is C22H24N2O6. The summed E-state index contributed by atoms with van der Waals surface area (Å²) in [6.07, 6.45) is 1.81. The number of rotatable bonds is 5. The van der Waals surface area contributed by atoms with Crippen LogP contribution in [-0.4, -0.2) is 52.3 Å². The number of aromatic nitrogens is 1. The van der Waals surface area contributed by atoms with Crippen molar-refractivity contribution in [2.24, 2.45) is 0 Å². The van der Waals surface area contributed by atoms with E-state index >= 15 is 0 Å². The van der Waals surface area contributed by atoms with Crippen molar-refractivity contribution in [3.63, 3.8) is 0 Å². The molecule has 158 valence electrons. The van der Waals surface area contributed by atoms with E-state index < -0.39 is 23.5 Å². The Hall–Kier alpha value is -3.13. The number of aliphatic hydroxyl groups is 1. The molecule has 2 aliphatic heterocycles. The van der Waals surface area contributed by atoms with Crippen molar-refractivity contribution in [3.8, 4) is 5.75 Å². The summed E-state index contributed by atoms with van der Waals surface area (Å²) in [5.74, 6) is -1.30. The number of pyridine rings is 1. The highest BCUT2D eigenvalue weighted by Crippen LogP contribution is 2.33. The Bertz CT molecular complexity index is 1020. The van der Waals surface area contributed by atoms with Gasteiger partial charge in [-0.25, -0.2) is 4.79 Å². The molecule has 0 aliphatic carbocycles. The molecule has 1 saturated heterocycles. The quantitative estimate of drug-likeness (QED) is 0.752. The molecule has 2 bridgehead atoms. The molecule has 30 heavy (non-hydrogen) atoms. The first-order chi connectivity index (χ1) is 14.5. The fourth-order valence-corrected chi connectivity index (χ4v) is 4.03. The Morgan fingerprint density at radius 2 is 2.00 bits per heavy atom. The van der Waals surface area contributed by atoms with E-state index in [1.807, 2.05) is 30.3 Å². The van der Waals surface area contributed by atoms with Gasteiger partial charge in [-0.1, -0.05) is 30.3 Å². The van der Waals surface area contributed by atoms with E-state index in [0.717, 1.165) is 5.56 Å². The number of amides is 1. The lowest BCUT2D eigenvalue weighted by Gasteiger charge is -2.36. The van der Waals surface area contributed by atoms with Gasteiger partial charge in [0.1, 0.15) is 12.2 Å². The lowest BCUT2D eigenvalue weighted by Crippen LogP contribution is -2.46. The van der Waals surface area contributed by atoms with Crippen molar-refractivity contribution in [2.45, 2.75) is 38.5 Å². The minimum atomic E-state index is -0.777. The Morgan fingerprint density at radius 3 is 2.73 bits per heavy atom. The number of hydrogen-bond donors (Lipinski definition) is 1. The van der Waals surface area contributed by atoms with Gasteiger partial charge in [0, 0.05) is 19.3 Å². The molecule has 8 nitrogen and oxygen atoms in total. The topological polar surface area (TPSA) is 98.1 Å². The first kappa shape index (κ1) is 20.2. The zero-order valence-electron chi connectivity index (χ0n) is 16.7. The Labute approximate surface area is 173 Å². The molecule has 0 radical (unpaired) electrons. The molecule has 2 aromatic rings. The van der Waals surface area contributed by atoms with E-state index in [-0.39, 0.29) is 36.1 Å². The maximum atomic E-state index is 13.2. The van der Waals surface area contributed by atoms with Crippen LogP contribution in [0.1, 0.15) is 52.2 Å². The molecule has 2 unspecified atom stereocenters. The van der Waals surface area contributed by atoms with Gasteiger partial charge in [0.05, 0.1) is 18.8 Å². The van der Waals surface area contributed by atoms with Gasteiger partial charge in [-0.2, -0.15) is 0 Å². The highest BCUT2D eigenvalue weighted by atomic mass is 16.5. The van der Waals surface area contributed by atoms with Crippen molar-refractivity contribution in [1.29, 1.82) is 0 Å². The van der Waals surface area contributed by atoms with Crippen LogP contribution in [0.3, 0.4) is 0 Å². The number of ether oxygens (including phenoxy) is 2. The fourth-order valence-electron chi connectivity index (χ4n) is 4.03. The zero-order valence-corrected chi connectivity index (χ0v) is 16.7. The van der Waals surface area contributed by atoms with E-state index in [4.69, 9.17) is 9.47 Å². The monoisotopic (exact) mass is 412 g/mol. The van der Waals surface area contributed by atoms with E-state index in [0.29, 0.717) is 25.9 Å². The standard InChI is InChI=1S/C22H24N2O6/c1-2-29-22(28)15-11-24-16-12-23(10-6-9-17(16)25)21(27)18(24)20(19(15)26)30-13-14-7-4-3-5-8-14/h3-5,7-8,11,16-17,25H,2,6,9-10,12-13H2,1H3. The van der Waals surface area contributed by atoms with Crippen LogP contribution in [0.4, 0.5) is 0 Å². The molecule has 2 aliphatic rings. The first-order valence-corrected chi connectivity index (χ1v) is 10.1. The first-order valence-electron chi connectivity index (χ1n) is 10.1. The predicted octanol–water partition coefficient (Wildman–Crippen LogP) is 1.76. The smallest absolute Gasteiger partial charge is 0.343 e. The molecule has 0 spiro atoms. The van der Waals surface area contributed by atoms with Gasteiger partial charge in [0.15, 0.2) is 11.4 Å². The summed E-state index contributed by atoms with van der Waals surface area (Å²) < 4.78 is 12.4. The predicted molar refractivity (Wildman–Crippen MR) is 108 cm³/mol. The van der Waals surface area contributed by atoms with Crippen LogP contribution in [0.2, 0.25) is 0 Å². The summed E-state index contributed by atoms with van der Waals surface area (Å²) in [5, 5.41) is 10.6. The van der Waals surface area contributed by atoms with Crippen LogP contribution in [0.15, 0.2) is 41.3 Å². The van der Waals surface area contributed by atoms with Gasteiger partial charge in [0.25, 0.3) is 5.91 Å². The highest BCUT2D eigenvalue weighted by molar-refractivity contribution is 5.98. The number of carbonyl (C=O) groups excluding carboxylic acids is 2. The van der Waals surface area contributed by atoms with Crippen LogP contribution in [0.25, 0.3) is 0 Å². The SMILES string of the molecule is CCOC(=O)c1cn2c(c(OCc3ccccc3)c1=O)C(=O)N1CCCC(O)C2C1. The van der Waals surface area contributed by atoms with Gasteiger partial charge in [-0.15, -0.1) is 0 Å². The van der Waals surface area contributed by atoms with Crippen molar-refractivity contribution in [2.75, 3.05) is 19.7 Å². The summed E-state index contributed by atoms with van der Waals surface area (Å²) in [5.41, 5.74) is -0.000871. The molecular weight excluding hydrogens is 388 g/mol. The minimum absolute atomic E-state index is 0.0653. The van der Waals surface area contributed by atoms with Gasteiger partial charge in [-0.3, -0.25) is 9.59 Å². The number of nitrogens with zero attached hydrogens (tertiary/aromatic N) is 2. The van der Waals surface area contributed by atoms with Crippen LogP contribution in [-0.2, 0) is 11.3 Å².